The summed E-state index contributed by atoms with van der Waals surface area (Å²) in [6, 6.07) is 5.28. The number of hydrogen-bond donors (Lipinski definition) is 1. The van der Waals surface area contributed by atoms with E-state index in [9.17, 15) is 9.59 Å². The van der Waals surface area contributed by atoms with Gasteiger partial charge in [-0.05, 0) is 19.9 Å². The van der Waals surface area contributed by atoms with Crippen LogP contribution >= 0.6 is 0 Å². The molecule has 0 unspecified atom stereocenters. The molecule has 3 heterocycles. The highest BCUT2D eigenvalue weighted by molar-refractivity contribution is 6.05. The molecule has 1 aromatic carbocycles. The topological polar surface area (TPSA) is 96.9 Å². The molecule has 32 heavy (non-hydrogen) atoms. The summed E-state index contributed by atoms with van der Waals surface area (Å²) in [5.74, 6) is 2.80. The smallest absolute Gasteiger partial charge is 0.238 e. The monoisotopic (exact) mass is 439 g/mol. The van der Waals surface area contributed by atoms with E-state index in [-0.39, 0.29) is 30.9 Å². The third-order valence-electron chi connectivity index (χ3n) is 5.60. The highest BCUT2D eigenvalue weighted by Gasteiger charge is 2.23. The Labute approximate surface area is 187 Å². The Morgan fingerprint density at radius 3 is 2.41 bits per heavy atom. The van der Waals surface area contributed by atoms with Crippen molar-refractivity contribution in [2.75, 3.05) is 49.7 Å². The predicted molar refractivity (Wildman–Crippen MR) is 121 cm³/mol. The number of carbonyl (C=O) groups excluding carboxylic acids is 2. The maximum atomic E-state index is 12.7. The number of ketones is 1. The Morgan fingerprint density at radius 1 is 1.06 bits per heavy atom. The number of nitrogens with one attached hydrogen (secondary N) is 1. The molecule has 0 radical (unpaired) electrons. The normalized spacial score (nSPS) is 15.8. The molecular formula is C23H29N5O4. The Morgan fingerprint density at radius 2 is 1.75 bits per heavy atom. The maximum Gasteiger partial charge on any atom is 0.238 e. The van der Waals surface area contributed by atoms with E-state index in [1.54, 1.807) is 12.1 Å². The third kappa shape index (κ3) is 4.83. The number of Topliss-reactive ketones (excluding diaryl/α,β-unsaturated/α-hetero) is 1. The van der Waals surface area contributed by atoms with Gasteiger partial charge in [0.05, 0.1) is 12.2 Å². The molecule has 0 aliphatic carbocycles. The molecular weight excluding hydrogens is 410 g/mol. The number of ether oxygens (including phenoxy) is 2. The predicted octanol–water partition coefficient (Wildman–Crippen LogP) is 2.60. The third-order valence-corrected chi connectivity index (χ3v) is 5.60. The molecule has 1 aromatic heterocycles. The van der Waals surface area contributed by atoms with E-state index in [0.717, 1.165) is 43.5 Å². The van der Waals surface area contributed by atoms with Crippen LogP contribution in [0.1, 0.15) is 48.6 Å². The second kappa shape index (κ2) is 9.12. The summed E-state index contributed by atoms with van der Waals surface area (Å²) in [6.45, 7) is 11.0. The van der Waals surface area contributed by atoms with Crippen molar-refractivity contribution in [2.45, 2.75) is 33.6 Å². The molecule has 170 valence electrons. The number of aryl methyl sites for hydroxylation is 1. The van der Waals surface area contributed by atoms with Gasteiger partial charge in [0, 0.05) is 55.5 Å². The van der Waals surface area contributed by atoms with Crippen molar-refractivity contribution in [2.24, 2.45) is 0 Å². The number of carbonyl (C=O) groups is 2. The standard InChI is InChI=1S/C23H29N5O4/c1-14(2)23-24-15(3)9-21(26-23)28-7-5-27(6-8-28)12-22(30)25-18-11-20-19(31-13-32-20)10-17(18)16(4)29/h9-11,14H,5-8,12-13H2,1-4H3,(H,25,30). The Kier molecular flexibility index (Phi) is 6.27. The van der Waals surface area contributed by atoms with Crippen LogP contribution in [0.4, 0.5) is 11.5 Å². The minimum absolute atomic E-state index is 0.110. The Bertz CT molecular complexity index is 1030. The van der Waals surface area contributed by atoms with E-state index in [1.807, 2.05) is 13.0 Å². The van der Waals surface area contributed by atoms with Crippen molar-refractivity contribution >= 4 is 23.2 Å². The van der Waals surface area contributed by atoms with E-state index >= 15 is 0 Å². The van der Waals surface area contributed by atoms with Gasteiger partial charge in [0.2, 0.25) is 12.7 Å². The molecule has 0 saturated carbocycles. The first-order valence-electron chi connectivity index (χ1n) is 10.9. The lowest BCUT2D eigenvalue weighted by molar-refractivity contribution is -0.117. The van der Waals surface area contributed by atoms with Gasteiger partial charge in [0.25, 0.3) is 0 Å². The van der Waals surface area contributed by atoms with Crippen molar-refractivity contribution in [3.05, 3.63) is 35.3 Å². The van der Waals surface area contributed by atoms with Gasteiger partial charge in [0.1, 0.15) is 11.6 Å². The van der Waals surface area contributed by atoms with Crippen LogP contribution in [0.25, 0.3) is 0 Å². The summed E-state index contributed by atoms with van der Waals surface area (Å²) in [7, 11) is 0. The van der Waals surface area contributed by atoms with Gasteiger partial charge in [0.15, 0.2) is 17.3 Å². The number of amides is 1. The van der Waals surface area contributed by atoms with Gasteiger partial charge in [-0.15, -0.1) is 0 Å². The van der Waals surface area contributed by atoms with E-state index in [4.69, 9.17) is 14.5 Å². The van der Waals surface area contributed by atoms with Crippen molar-refractivity contribution in [1.29, 1.82) is 0 Å². The maximum absolute atomic E-state index is 12.7. The largest absolute Gasteiger partial charge is 0.454 e. The van der Waals surface area contributed by atoms with Crippen LogP contribution in [-0.4, -0.2) is 66.1 Å². The molecule has 0 bridgehead atoms. The molecule has 1 fully saturated rings. The lowest BCUT2D eigenvalue weighted by Crippen LogP contribution is -2.49. The van der Waals surface area contributed by atoms with E-state index in [1.165, 1.54) is 6.92 Å². The van der Waals surface area contributed by atoms with Crippen LogP contribution in [0.15, 0.2) is 18.2 Å². The molecule has 2 aliphatic rings. The number of aromatic nitrogens is 2. The van der Waals surface area contributed by atoms with Gasteiger partial charge in [-0.3, -0.25) is 14.5 Å². The van der Waals surface area contributed by atoms with Crippen LogP contribution in [0, 0.1) is 6.92 Å². The van der Waals surface area contributed by atoms with Gasteiger partial charge in [-0.25, -0.2) is 9.97 Å². The van der Waals surface area contributed by atoms with Crippen LogP contribution in [-0.2, 0) is 4.79 Å². The first-order valence-corrected chi connectivity index (χ1v) is 10.9. The first kappa shape index (κ1) is 22.0. The zero-order chi connectivity index (χ0) is 22.8. The zero-order valence-electron chi connectivity index (χ0n) is 19.0. The number of piperazine rings is 1. The van der Waals surface area contributed by atoms with Crippen molar-refractivity contribution in [1.82, 2.24) is 14.9 Å². The van der Waals surface area contributed by atoms with Crippen molar-refractivity contribution in [3.63, 3.8) is 0 Å². The van der Waals surface area contributed by atoms with Gasteiger partial charge in [-0.1, -0.05) is 13.8 Å². The summed E-state index contributed by atoms with van der Waals surface area (Å²) in [4.78, 5) is 38.3. The molecule has 9 nitrogen and oxygen atoms in total. The summed E-state index contributed by atoms with van der Waals surface area (Å²) < 4.78 is 10.7. The number of hydrogen-bond acceptors (Lipinski definition) is 8. The Balaban J connectivity index is 1.36. The molecule has 1 saturated heterocycles. The average molecular weight is 440 g/mol. The highest BCUT2D eigenvalue weighted by atomic mass is 16.7. The van der Waals surface area contributed by atoms with E-state index in [0.29, 0.717) is 22.7 Å². The summed E-state index contributed by atoms with van der Waals surface area (Å²) in [6.07, 6.45) is 0. The number of nitrogens with zero attached hydrogens (tertiary/aromatic N) is 4. The van der Waals surface area contributed by atoms with Crippen LogP contribution in [0.5, 0.6) is 11.5 Å². The second-order valence-electron chi connectivity index (χ2n) is 8.50. The van der Waals surface area contributed by atoms with Crippen LogP contribution in [0.3, 0.4) is 0 Å². The SMILES string of the molecule is CC(=O)c1cc2c(cc1NC(=O)CN1CCN(c3cc(C)nc(C(C)C)n3)CC1)OCO2. The zero-order valence-corrected chi connectivity index (χ0v) is 19.0. The highest BCUT2D eigenvalue weighted by Crippen LogP contribution is 2.37. The van der Waals surface area contributed by atoms with E-state index in [2.05, 4.69) is 33.9 Å². The first-order chi connectivity index (χ1) is 15.3. The minimum Gasteiger partial charge on any atom is -0.454 e. The molecule has 0 atom stereocenters. The quantitative estimate of drug-likeness (QED) is 0.686. The lowest BCUT2D eigenvalue weighted by Gasteiger charge is -2.35. The fraction of sp³-hybridized carbons (Fsp3) is 0.478. The average Bonchev–Trinajstić information content (AvgIpc) is 3.20. The van der Waals surface area contributed by atoms with E-state index < -0.39 is 0 Å². The van der Waals surface area contributed by atoms with Gasteiger partial charge >= 0.3 is 0 Å². The second-order valence-corrected chi connectivity index (χ2v) is 8.50. The molecule has 4 rings (SSSR count). The fourth-order valence-corrected chi connectivity index (χ4v) is 3.86. The number of benzene rings is 1. The molecule has 9 heteroatoms. The number of anilines is 2. The minimum atomic E-state index is -0.167. The molecule has 1 N–H and O–H groups in total. The molecule has 0 spiro atoms. The number of rotatable bonds is 6. The number of fused-ring (bicyclic) bond motifs is 1. The molecule has 1 amide bonds. The van der Waals surface area contributed by atoms with Gasteiger partial charge < -0.3 is 19.7 Å². The fourth-order valence-electron chi connectivity index (χ4n) is 3.86. The Hall–Kier alpha value is -3.20. The summed E-state index contributed by atoms with van der Waals surface area (Å²) in [5.41, 5.74) is 1.82. The van der Waals surface area contributed by atoms with Crippen LogP contribution in [0.2, 0.25) is 0 Å². The molecule has 2 aromatic rings. The molecule has 2 aliphatic heterocycles. The summed E-state index contributed by atoms with van der Waals surface area (Å²) in [5, 5.41) is 2.87. The summed E-state index contributed by atoms with van der Waals surface area (Å²) >= 11 is 0. The van der Waals surface area contributed by atoms with Crippen molar-refractivity contribution < 1.29 is 19.1 Å². The van der Waals surface area contributed by atoms with Crippen molar-refractivity contribution in [3.8, 4) is 11.5 Å². The van der Waals surface area contributed by atoms with Gasteiger partial charge in [-0.2, -0.15) is 0 Å². The lowest BCUT2D eigenvalue weighted by atomic mass is 10.1. The van der Waals surface area contributed by atoms with Crippen LogP contribution < -0.4 is 19.7 Å².